The van der Waals surface area contributed by atoms with Crippen LogP contribution in [0, 0.1) is 0 Å². The smallest absolute Gasteiger partial charge is 0.387 e. The molecule has 8 nitrogen and oxygen atoms in total. The first-order valence-electron chi connectivity index (χ1n) is 9.58. The highest BCUT2D eigenvalue weighted by atomic mass is 19.3. The molecule has 2 aromatic rings. The summed E-state index contributed by atoms with van der Waals surface area (Å²) in [5, 5.41) is 11.1. The second-order valence-corrected chi connectivity index (χ2v) is 6.62. The number of aromatic nitrogens is 3. The molecule has 1 unspecified atom stereocenters. The number of aryl methyl sites for hydroxylation is 1. The second-order valence-electron chi connectivity index (χ2n) is 6.62. The Labute approximate surface area is 168 Å². The first-order chi connectivity index (χ1) is 14.1. The molecule has 0 spiro atoms. The number of guanidine groups is 1. The van der Waals surface area contributed by atoms with Gasteiger partial charge in [-0.15, -0.1) is 0 Å². The fraction of sp³-hybridized carbons (Fsp3) is 0.526. The van der Waals surface area contributed by atoms with Crippen molar-refractivity contribution in [2.45, 2.75) is 52.1 Å². The second kappa shape index (κ2) is 10.1. The third-order valence-electron chi connectivity index (χ3n) is 4.46. The van der Waals surface area contributed by atoms with Crippen molar-refractivity contribution in [3.63, 3.8) is 0 Å². The molecule has 2 heterocycles. The number of hydrogen-bond donors (Lipinski definition) is 2. The van der Waals surface area contributed by atoms with Crippen LogP contribution in [0.15, 0.2) is 29.3 Å². The molecule has 3 rings (SSSR count). The number of halogens is 2. The van der Waals surface area contributed by atoms with Gasteiger partial charge >= 0.3 is 6.61 Å². The average molecular weight is 408 g/mol. The van der Waals surface area contributed by atoms with E-state index in [-0.39, 0.29) is 18.3 Å². The van der Waals surface area contributed by atoms with Crippen LogP contribution in [0.1, 0.15) is 30.6 Å². The summed E-state index contributed by atoms with van der Waals surface area (Å²) in [6.45, 7) is 1.06. The van der Waals surface area contributed by atoms with Gasteiger partial charge in [0.1, 0.15) is 18.2 Å². The summed E-state index contributed by atoms with van der Waals surface area (Å²) in [4.78, 5) is 9.02. The number of fused-ring (bicyclic) bond motifs is 1. The van der Waals surface area contributed by atoms with Crippen molar-refractivity contribution in [1.29, 1.82) is 0 Å². The summed E-state index contributed by atoms with van der Waals surface area (Å²) in [6.07, 6.45) is 1.69. The number of alkyl halides is 2. The molecule has 2 N–H and O–H groups in total. The van der Waals surface area contributed by atoms with E-state index >= 15 is 0 Å². The SMILES string of the molecule is CCNC(=NCc1ccccc1OC(F)F)NC1CCc2nc(COC)nn2C1. The van der Waals surface area contributed by atoms with Crippen LogP contribution in [-0.2, 0) is 30.9 Å². The van der Waals surface area contributed by atoms with Gasteiger partial charge in [0, 0.05) is 31.7 Å². The van der Waals surface area contributed by atoms with E-state index in [4.69, 9.17) is 4.74 Å². The highest BCUT2D eigenvalue weighted by molar-refractivity contribution is 5.80. The molecule has 0 aliphatic carbocycles. The molecule has 1 aliphatic rings. The fourth-order valence-electron chi connectivity index (χ4n) is 3.19. The fourth-order valence-corrected chi connectivity index (χ4v) is 3.19. The number of ether oxygens (including phenoxy) is 2. The van der Waals surface area contributed by atoms with E-state index in [1.54, 1.807) is 25.3 Å². The lowest BCUT2D eigenvalue weighted by Gasteiger charge is -2.25. The summed E-state index contributed by atoms with van der Waals surface area (Å²) in [7, 11) is 1.62. The van der Waals surface area contributed by atoms with Crippen molar-refractivity contribution in [3.05, 3.63) is 41.5 Å². The van der Waals surface area contributed by atoms with Gasteiger partial charge in [0.05, 0.1) is 13.1 Å². The van der Waals surface area contributed by atoms with Gasteiger partial charge in [0.2, 0.25) is 0 Å². The maximum atomic E-state index is 12.6. The summed E-state index contributed by atoms with van der Waals surface area (Å²) < 4.78 is 36.8. The van der Waals surface area contributed by atoms with Gasteiger partial charge < -0.3 is 20.1 Å². The highest BCUT2D eigenvalue weighted by Gasteiger charge is 2.22. The molecule has 1 aromatic carbocycles. The van der Waals surface area contributed by atoms with Gasteiger partial charge in [-0.2, -0.15) is 13.9 Å². The third-order valence-corrected chi connectivity index (χ3v) is 4.46. The Hall–Kier alpha value is -2.75. The van der Waals surface area contributed by atoms with E-state index < -0.39 is 6.61 Å². The van der Waals surface area contributed by atoms with Crippen molar-refractivity contribution in [2.75, 3.05) is 13.7 Å². The Balaban J connectivity index is 1.66. The van der Waals surface area contributed by atoms with Crippen LogP contribution in [0.25, 0.3) is 0 Å². The minimum Gasteiger partial charge on any atom is -0.434 e. The number of hydrogen-bond acceptors (Lipinski definition) is 5. The maximum absolute atomic E-state index is 12.6. The molecule has 0 amide bonds. The topological polar surface area (TPSA) is 85.6 Å². The molecule has 158 valence electrons. The van der Waals surface area contributed by atoms with Crippen molar-refractivity contribution in [1.82, 2.24) is 25.4 Å². The molecule has 1 aromatic heterocycles. The summed E-state index contributed by atoms with van der Waals surface area (Å²) >= 11 is 0. The molecule has 0 saturated carbocycles. The number of aliphatic imine (C=N–C) groups is 1. The maximum Gasteiger partial charge on any atom is 0.387 e. The average Bonchev–Trinajstić information content (AvgIpc) is 3.09. The van der Waals surface area contributed by atoms with Crippen LogP contribution in [-0.4, -0.2) is 47.0 Å². The number of nitrogens with zero attached hydrogens (tertiary/aromatic N) is 4. The molecular formula is C19H26F2N6O2. The van der Waals surface area contributed by atoms with Crippen LogP contribution in [0.4, 0.5) is 8.78 Å². The largest absolute Gasteiger partial charge is 0.434 e. The first kappa shape index (κ1) is 21.0. The quantitative estimate of drug-likeness (QED) is 0.514. The van der Waals surface area contributed by atoms with Crippen molar-refractivity contribution < 1.29 is 18.3 Å². The van der Waals surface area contributed by atoms with E-state index in [9.17, 15) is 8.78 Å². The molecule has 29 heavy (non-hydrogen) atoms. The third kappa shape index (κ3) is 5.86. The zero-order chi connectivity index (χ0) is 20.6. The molecule has 0 bridgehead atoms. The summed E-state index contributed by atoms with van der Waals surface area (Å²) in [5.41, 5.74) is 0.594. The van der Waals surface area contributed by atoms with Crippen LogP contribution < -0.4 is 15.4 Å². The summed E-state index contributed by atoms with van der Waals surface area (Å²) in [6, 6.07) is 6.80. The number of benzene rings is 1. The Morgan fingerprint density at radius 1 is 1.38 bits per heavy atom. The van der Waals surface area contributed by atoms with Crippen LogP contribution in [0.2, 0.25) is 0 Å². The monoisotopic (exact) mass is 408 g/mol. The number of nitrogens with one attached hydrogen (secondary N) is 2. The Morgan fingerprint density at radius 2 is 2.21 bits per heavy atom. The van der Waals surface area contributed by atoms with E-state index in [1.807, 2.05) is 11.6 Å². The van der Waals surface area contributed by atoms with Gasteiger partial charge in [0.25, 0.3) is 0 Å². The zero-order valence-electron chi connectivity index (χ0n) is 16.6. The minimum absolute atomic E-state index is 0.130. The van der Waals surface area contributed by atoms with Gasteiger partial charge in [-0.25, -0.2) is 14.7 Å². The lowest BCUT2D eigenvalue weighted by atomic mass is 10.1. The standard InChI is InChI=1S/C19H26F2N6O2/c1-3-22-19(23-10-13-6-4-5-7-15(13)29-18(20)21)24-14-8-9-17-25-16(12-28-2)26-27(17)11-14/h4-7,14,18H,3,8-12H2,1-2H3,(H2,22,23,24). The van der Waals surface area contributed by atoms with Crippen LogP contribution in [0.5, 0.6) is 5.75 Å². The van der Waals surface area contributed by atoms with Crippen molar-refractivity contribution in [2.24, 2.45) is 4.99 Å². The Bertz CT molecular complexity index is 827. The van der Waals surface area contributed by atoms with Crippen molar-refractivity contribution >= 4 is 5.96 Å². The van der Waals surface area contributed by atoms with E-state index in [0.29, 0.717) is 37.0 Å². The highest BCUT2D eigenvalue weighted by Crippen LogP contribution is 2.21. The lowest BCUT2D eigenvalue weighted by Crippen LogP contribution is -2.47. The number of methoxy groups -OCH3 is 1. The van der Waals surface area contributed by atoms with Gasteiger partial charge in [-0.05, 0) is 19.4 Å². The molecule has 0 fully saturated rings. The van der Waals surface area contributed by atoms with Crippen LogP contribution in [0.3, 0.4) is 0 Å². The van der Waals surface area contributed by atoms with Crippen LogP contribution >= 0.6 is 0 Å². The van der Waals surface area contributed by atoms with Gasteiger partial charge in [-0.1, -0.05) is 18.2 Å². The zero-order valence-corrected chi connectivity index (χ0v) is 16.6. The molecular weight excluding hydrogens is 382 g/mol. The lowest BCUT2D eigenvalue weighted by molar-refractivity contribution is -0.0504. The van der Waals surface area contributed by atoms with Gasteiger partial charge in [0.15, 0.2) is 11.8 Å². The molecule has 1 atom stereocenters. The minimum atomic E-state index is -2.87. The molecule has 0 radical (unpaired) electrons. The van der Waals surface area contributed by atoms with Crippen molar-refractivity contribution in [3.8, 4) is 5.75 Å². The number of rotatable bonds is 8. The predicted molar refractivity (Wildman–Crippen MR) is 104 cm³/mol. The Morgan fingerprint density at radius 3 is 2.97 bits per heavy atom. The van der Waals surface area contributed by atoms with E-state index in [2.05, 4.69) is 30.4 Å². The first-order valence-corrected chi connectivity index (χ1v) is 9.58. The van der Waals surface area contributed by atoms with E-state index in [1.165, 1.54) is 6.07 Å². The molecule has 10 heteroatoms. The van der Waals surface area contributed by atoms with Gasteiger partial charge in [-0.3, -0.25) is 0 Å². The van der Waals surface area contributed by atoms with E-state index in [0.717, 1.165) is 18.7 Å². The summed E-state index contributed by atoms with van der Waals surface area (Å²) in [5.74, 6) is 2.39. The number of para-hydroxylation sites is 1. The molecule has 1 aliphatic heterocycles. The molecule has 0 saturated heterocycles. The normalized spacial score (nSPS) is 16.6. The predicted octanol–water partition coefficient (Wildman–Crippen LogP) is 2.10. The Kier molecular flexibility index (Phi) is 7.34.